The van der Waals surface area contributed by atoms with E-state index in [9.17, 15) is 4.79 Å². The van der Waals surface area contributed by atoms with Gasteiger partial charge in [-0.3, -0.25) is 4.98 Å². The van der Waals surface area contributed by atoms with Crippen LogP contribution in [0.1, 0.15) is 11.1 Å². The Hall–Kier alpha value is -3.24. The van der Waals surface area contributed by atoms with E-state index in [2.05, 4.69) is 25.7 Å². The van der Waals surface area contributed by atoms with Gasteiger partial charge in [0.2, 0.25) is 0 Å². The molecule has 0 bridgehead atoms. The van der Waals surface area contributed by atoms with Crippen molar-refractivity contribution >= 4 is 29.4 Å². The monoisotopic (exact) mass is 323 g/mol. The summed E-state index contributed by atoms with van der Waals surface area (Å²) in [4.78, 5) is 23.6. The number of esters is 1. The third-order valence-corrected chi connectivity index (χ3v) is 3.10. The third-order valence-electron chi connectivity index (χ3n) is 3.10. The molecular formula is C18H17N3O3. The van der Waals surface area contributed by atoms with Gasteiger partial charge in [-0.2, -0.15) is 9.98 Å². The molecule has 0 saturated heterocycles. The van der Waals surface area contributed by atoms with Gasteiger partial charge in [0.15, 0.2) is 0 Å². The summed E-state index contributed by atoms with van der Waals surface area (Å²) in [5, 5.41) is 0. The smallest absolute Gasteiger partial charge is 0.330 e. The first-order valence-corrected chi connectivity index (χ1v) is 7.15. The van der Waals surface area contributed by atoms with Crippen molar-refractivity contribution in [2.75, 3.05) is 14.2 Å². The molecule has 6 nitrogen and oxygen atoms in total. The highest BCUT2D eigenvalue weighted by atomic mass is 16.5. The molecule has 1 aromatic carbocycles. The van der Waals surface area contributed by atoms with Crippen LogP contribution in [0, 0.1) is 6.92 Å². The highest BCUT2D eigenvalue weighted by Gasteiger charge is 2.01. The van der Waals surface area contributed by atoms with Crippen LogP contribution >= 0.6 is 0 Å². The predicted octanol–water partition coefficient (Wildman–Crippen LogP) is 3.72. The van der Waals surface area contributed by atoms with Crippen LogP contribution in [0.4, 0.5) is 11.4 Å². The summed E-state index contributed by atoms with van der Waals surface area (Å²) < 4.78 is 9.82. The number of ether oxygens (including phenoxy) is 2. The van der Waals surface area contributed by atoms with E-state index in [4.69, 9.17) is 4.74 Å². The Bertz CT molecular complexity index is 822. The summed E-state index contributed by atoms with van der Waals surface area (Å²) in [5.74, 6) is 0.191. The van der Waals surface area contributed by atoms with E-state index in [-0.39, 0.29) is 0 Å². The van der Waals surface area contributed by atoms with Crippen molar-refractivity contribution in [1.29, 1.82) is 0 Å². The van der Waals surface area contributed by atoms with Crippen LogP contribution in [0.5, 0.6) is 5.75 Å². The molecule has 6 heteroatoms. The lowest BCUT2D eigenvalue weighted by atomic mass is 10.2. The molecular weight excluding hydrogens is 306 g/mol. The lowest BCUT2D eigenvalue weighted by Crippen LogP contribution is -1.93. The maximum Gasteiger partial charge on any atom is 0.330 e. The van der Waals surface area contributed by atoms with Crippen LogP contribution < -0.4 is 4.74 Å². The Morgan fingerprint density at radius 1 is 1.21 bits per heavy atom. The maximum atomic E-state index is 11.2. The van der Waals surface area contributed by atoms with Crippen LogP contribution in [0.2, 0.25) is 0 Å². The first-order chi connectivity index (χ1) is 11.6. The van der Waals surface area contributed by atoms with E-state index in [0.717, 1.165) is 5.56 Å². The van der Waals surface area contributed by atoms with E-state index >= 15 is 0 Å². The van der Waals surface area contributed by atoms with Crippen molar-refractivity contribution in [2.45, 2.75) is 6.92 Å². The zero-order chi connectivity index (χ0) is 17.4. The molecule has 0 aliphatic carbocycles. The molecule has 0 radical (unpaired) electrons. The number of benzene rings is 1. The Labute approximate surface area is 140 Å². The molecule has 0 amide bonds. The van der Waals surface area contributed by atoms with Gasteiger partial charge in [-0.15, -0.1) is 0 Å². The SMILES string of the molecule is COC(=O)C=Cc1cnccc1N=C=Nc1cc(C)ccc1OC. The highest BCUT2D eigenvalue weighted by Crippen LogP contribution is 2.27. The summed E-state index contributed by atoms with van der Waals surface area (Å²) in [6.45, 7) is 1.97. The molecule has 122 valence electrons. The molecule has 1 heterocycles. The quantitative estimate of drug-likeness (QED) is 0.477. The van der Waals surface area contributed by atoms with Crippen LogP contribution in [0.15, 0.2) is 52.7 Å². The van der Waals surface area contributed by atoms with Crippen molar-refractivity contribution in [3.05, 3.63) is 53.9 Å². The number of aromatic nitrogens is 1. The van der Waals surface area contributed by atoms with E-state index in [1.165, 1.54) is 13.2 Å². The molecule has 0 unspecified atom stereocenters. The number of pyridine rings is 1. The topological polar surface area (TPSA) is 73.1 Å². The third kappa shape index (κ3) is 4.63. The fourth-order valence-electron chi connectivity index (χ4n) is 1.88. The van der Waals surface area contributed by atoms with Crippen LogP contribution in [-0.4, -0.2) is 31.2 Å². The molecule has 2 rings (SSSR count). The number of aryl methyl sites for hydroxylation is 1. The van der Waals surface area contributed by atoms with Crippen molar-refractivity contribution in [3.8, 4) is 5.75 Å². The second kappa shape index (κ2) is 8.41. The number of carbonyl (C=O) groups is 1. The fraction of sp³-hybridized carbons (Fsp3) is 0.167. The summed E-state index contributed by atoms with van der Waals surface area (Å²) in [6, 6.07) is 10.0. The maximum absolute atomic E-state index is 11.2. The van der Waals surface area contributed by atoms with E-state index in [1.807, 2.05) is 25.1 Å². The second-order valence-corrected chi connectivity index (χ2v) is 4.79. The zero-order valence-corrected chi connectivity index (χ0v) is 13.7. The molecule has 0 spiro atoms. The van der Waals surface area contributed by atoms with Crippen LogP contribution in [0.25, 0.3) is 6.08 Å². The van der Waals surface area contributed by atoms with Gasteiger partial charge in [0.05, 0.1) is 19.9 Å². The minimum atomic E-state index is -0.452. The zero-order valence-electron chi connectivity index (χ0n) is 13.7. The molecule has 0 aliphatic heterocycles. The number of nitrogens with zero attached hydrogens (tertiary/aromatic N) is 3. The van der Waals surface area contributed by atoms with Crippen molar-refractivity contribution < 1.29 is 14.3 Å². The van der Waals surface area contributed by atoms with Crippen LogP contribution in [-0.2, 0) is 9.53 Å². The molecule has 1 aromatic heterocycles. The van der Waals surface area contributed by atoms with E-state index in [1.54, 1.807) is 31.6 Å². The van der Waals surface area contributed by atoms with Gasteiger partial charge in [-0.05, 0) is 36.8 Å². The van der Waals surface area contributed by atoms with Crippen molar-refractivity contribution in [1.82, 2.24) is 4.98 Å². The number of aliphatic imine (C=N–C) groups is 2. The van der Waals surface area contributed by atoms with Crippen molar-refractivity contribution in [3.63, 3.8) is 0 Å². The number of methoxy groups -OCH3 is 2. The molecule has 0 aliphatic rings. The summed E-state index contributed by atoms with van der Waals surface area (Å²) in [5.41, 5.74) is 2.94. The van der Waals surface area contributed by atoms with E-state index in [0.29, 0.717) is 22.7 Å². The molecule has 2 aromatic rings. The average molecular weight is 323 g/mol. The Balaban J connectivity index is 2.31. The molecule has 0 N–H and O–H groups in total. The predicted molar refractivity (Wildman–Crippen MR) is 92.2 cm³/mol. The second-order valence-electron chi connectivity index (χ2n) is 4.79. The van der Waals surface area contributed by atoms with Gasteiger partial charge in [0.25, 0.3) is 0 Å². The van der Waals surface area contributed by atoms with Gasteiger partial charge in [0, 0.05) is 24.0 Å². The van der Waals surface area contributed by atoms with E-state index < -0.39 is 5.97 Å². The number of hydrogen-bond acceptors (Lipinski definition) is 6. The summed E-state index contributed by atoms with van der Waals surface area (Å²) in [7, 11) is 2.90. The Kier molecular flexibility index (Phi) is 6.00. The van der Waals surface area contributed by atoms with Gasteiger partial charge in [-0.1, -0.05) is 6.07 Å². The Morgan fingerprint density at radius 3 is 2.75 bits per heavy atom. The number of rotatable bonds is 5. The average Bonchev–Trinajstić information content (AvgIpc) is 2.60. The molecule has 0 atom stereocenters. The first-order valence-electron chi connectivity index (χ1n) is 7.15. The largest absolute Gasteiger partial charge is 0.494 e. The minimum Gasteiger partial charge on any atom is -0.494 e. The minimum absolute atomic E-state index is 0.452. The molecule has 0 fully saturated rings. The molecule has 24 heavy (non-hydrogen) atoms. The summed E-state index contributed by atoms with van der Waals surface area (Å²) >= 11 is 0. The number of carbonyl (C=O) groups excluding carboxylic acids is 1. The van der Waals surface area contributed by atoms with Gasteiger partial charge < -0.3 is 9.47 Å². The lowest BCUT2D eigenvalue weighted by Gasteiger charge is -2.03. The fourth-order valence-corrected chi connectivity index (χ4v) is 1.88. The molecule has 0 saturated carbocycles. The normalized spacial score (nSPS) is 10.1. The standard InChI is InChI=1S/C18H17N3O3/c1-13-4-6-17(23-2)16(10-13)21-12-20-15-8-9-19-11-14(15)5-7-18(22)24-3/h4-11H,1-3H3. The van der Waals surface area contributed by atoms with Gasteiger partial charge in [0.1, 0.15) is 17.4 Å². The Morgan fingerprint density at radius 2 is 2.00 bits per heavy atom. The van der Waals surface area contributed by atoms with Gasteiger partial charge >= 0.3 is 5.97 Å². The summed E-state index contributed by atoms with van der Waals surface area (Å²) in [6.07, 6.45) is 6.07. The lowest BCUT2D eigenvalue weighted by molar-refractivity contribution is -0.134. The number of hydrogen-bond donors (Lipinski definition) is 0. The van der Waals surface area contributed by atoms with Crippen molar-refractivity contribution in [2.24, 2.45) is 9.98 Å². The van der Waals surface area contributed by atoms with Crippen LogP contribution in [0.3, 0.4) is 0 Å². The van der Waals surface area contributed by atoms with Gasteiger partial charge in [-0.25, -0.2) is 4.79 Å². The highest BCUT2D eigenvalue weighted by molar-refractivity contribution is 5.88. The first kappa shape index (κ1) is 17.1.